The summed E-state index contributed by atoms with van der Waals surface area (Å²) in [4.78, 5) is 23.0. The van der Waals surface area contributed by atoms with Gasteiger partial charge in [0.15, 0.2) is 0 Å². The molecule has 0 atom stereocenters. The molecular weight excluding hydrogens is 256 g/mol. The monoisotopic (exact) mass is 278 g/mol. The Hall–Kier alpha value is -2.04. The zero-order chi connectivity index (χ0) is 15.0. The first-order valence-corrected chi connectivity index (χ1v) is 6.62. The molecule has 5 nitrogen and oxygen atoms in total. The molecule has 0 spiro atoms. The summed E-state index contributed by atoms with van der Waals surface area (Å²) in [6.45, 7) is 5.94. The fourth-order valence-electron chi connectivity index (χ4n) is 1.51. The summed E-state index contributed by atoms with van der Waals surface area (Å²) in [5.41, 5.74) is -0.293. The molecule has 0 radical (unpaired) electrons. The SMILES string of the molecule is CC(C)(C)NC(=O)CNC(=O)CCOc1ccccc1. The lowest BCUT2D eigenvalue weighted by Crippen LogP contribution is -2.45. The van der Waals surface area contributed by atoms with Gasteiger partial charge in [0, 0.05) is 5.54 Å². The van der Waals surface area contributed by atoms with Crippen molar-refractivity contribution in [2.45, 2.75) is 32.7 Å². The van der Waals surface area contributed by atoms with E-state index in [0.29, 0.717) is 0 Å². The standard InChI is InChI=1S/C15H22N2O3/c1-15(2,3)17-14(19)11-16-13(18)9-10-20-12-7-5-4-6-8-12/h4-8H,9-11H2,1-3H3,(H,16,18)(H,17,19). The van der Waals surface area contributed by atoms with Gasteiger partial charge in [-0.1, -0.05) is 18.2 Å². The molecular formula is C15H22N2O3. The van der Waals surface area contributed by atoms with Gasteiger partial charge in [0.2, 0.25) is 11.8 Å². The lowest BCUT2D eigenvalue weighted by atomic mass is 10.1. The van der Waals surface area contributed by atoms with Gasteiger partial charge in [0.1, 0.15) is 5.75 Å². The van der Waals surface area contributed by atoms with E-state index in [2.05, 4.69) is 10.6 Å². The number of carbonyl (C=O) groups is 2. The maximum absolute atomic E-state index is 11.5. The molecule has 5 heteroatoms. The van der Waals surface area contributed by atoms with Crippen molar-refractivity contribution < 1.29 is 14.3 Å². The molecule has 0 aliphatic rings. The second-order valence-corrected chi connectivity index (χ2v) is 5.49. The van der Waals surface area contributed by atoms with Crippen LogP contribution in [0, 0.1) is 0 Å². The van der Waals surface area contributed by atoms with Crippen molar-refractivity contribution in [1.82, 2.24) is 10.6 Å². The molecule has 0 fully saturated rings. The van der Waals surface area contributed by atoms with E-state index >= 15 is 0 Å². The number of hydrogen-bond acceptors (Lipinski definition) is 3. The van der Waals surface area contributed by atoms with Crippen molar-refractivity contribution in [3.8, 4) is 5.75 Å². The van der Waals surface area contributed by atoms with Gasteiger partial charge in [-0.15, -0.1) is 0 Å². The van der Waals surface area contributed by atoms with Crippen LogP contribution in [-0.2, 0) is 9.59 Å². The molecule has 0 aliphatic carbocycles. The van der Waals surface area contributed by atoms with Crippen LogP contribution in [-0.4, -0.2) is 30.5 Å². The van der Waals surface area contributed by atoms with E-state index in [4.69, 9.17) is 4.74 Å². The van der Waals surface area contributed by atoms with Gasteiger partial charge in [-0.25, -0.2) is 0 Å². The molecule has 110 valence electrons. The molecule has 1 aromatic rings. The van der Waals surface area contributed by atoms with Crippen molar-refractivity contribution >= 4 is 11.8 Å². The number of amides is 2. The van der Waals surface area contributed by atoms with Crippen molar-refractivity contribution in [2.75, 3.05) is 13.2 Å². The molecule has 1 rings (SSSR count). The maximum atomic E-state index is 11.5. The Balaban J connectivity index is 2.16. The Kier molecular flexibility index (Phi) is 6.03. The highest BCUT2D eigenvalue weighted by Gasteiger charge is 2.14. The molecule has 2 N–H and O–H groups in total. The minimum atomic E-state index is -0.293. The van der Waals surface area contributed by atoms with Crippen LogP contribution >= 0.6 is 0 Å². The normalized spacial score (nSPS) is 10.8. The van der Waals surface area contributed by atoms with Gasteiger partial charge in [-0.2, -0.15) is 0 Å². The molecule has 2 amide bonds. The van der Waals surface area contributed by atoms with Crippen molar-refractivity contribution in [1.29, 1.82) is 0 Å². The van der Waals surface area contributed by atoms with Crippen molar-refractivity contribution in [3.63, 3.8) is 0 Å². The number of carbonyl (C=O) groups excluding carboxylic acids is 2. The van der Waals surface area contributed by atoms with Gasteiger partial charge in [0.05, 0.1) is 19.6 Å². The summed E-state index contributed by atoms with van der Waals surface area (Å²) in [5, 5.41) is 5.33. The van der Waals surface area contributed by atoms with Crippen LogP contribution in [0.15, 0.2) is 30.3 Å². The predicted octanol–water partition coefficient (Wildman–Crippen LogP) is 1.49. The van der Waals surface area contributed by atoms with E-state index in [1.54, 1.807) is 0 Å². The van der Waals surface area contributed by atoms with Crippen molar-refractivity contribution in [3.05, 3.63) is 30.3 Å². The van der Waals surface area contributed by atoms with Gasteiger partial charge >= 0.3 is 0 Å². The minimum Gasteiger partial charge on any atom is -0.493 e. The zero-order valence-corrected chi connectivity index (χ0v) is 12.2. The Morgan fingerprint density at radius 2 is 1.75 bits per heavy atom. The van der Waals surface area contributed by atoms with Crippen LogP contribution in [0.4, 0.5) is 0 Å². The van der Waals surface area contributed by atoms with Crippen LogP contribution in [0.25, 0.3) is 0 Å². The highest BCUT2D eigenvalue weighted by atomic mass is 16.5. The topological polar surface area (TPSA) is 67.4 Å². The van der Waals surface area contributed by atoms with E-state index in [1.165, 1.54) is 0 Å². The smallest absolute Gasteiger partial charge is 0.239 e. The second kappa shape index (κ2) is 7.53. The molecule has 0 saturated heterocycles. The minimum absolute atomic E-state index is 0.0125. The number of para-hydroxylation sites is 1. The van der Waals surface area contributed by atoms with E-state index in [-0.39, 0.29) is 36.9 Å². The lowest BCUT2D eigenvalue weighted by Gasteiger charge is -2.20. The van der Waals surface area contributed by atoms with Crippen LogP contribution in [0.2, 0.25) is 0 Å². The molecule has 20 heavy (non-hydrogen) atoms. The molecule has 0 unspecified atom stereocenters. The van der Waals surface area contributed by atoms with Crippen LogP contribution in [0.5, 0.6) is 5.75 Å². The van der Waals surface area contributed by atoms with Gasteiger partial charge in [-0.3, -0.25) is 9.59 Å². The average Bonchev–Trinajstić information content (AvgIpc) is 2.36. The summed E-state index contributed by atoms with van der Waals surface area (Å²) in [6, 6.07) is 9.29. The van der Waals surface area contributed by atoms with Gasteiger partial charge in [-0.05, 0) is 32.9 Å². The van der Waals surface area contributed by atoms with Gasteiger partial charge < -0.3 is 15.4 Å². The van der Waals surface area contributed by atoms with Crippen molar-refractivity contribution in [2.24, 2.45) is 0 Å². The lowest BCUT2D eigenvalue weighted by molar-refractivity contribution is -0.127. The molecule has 0 aromatic heterocycles. The summed E-state index contributed by atoms with van der Waals surface area (Å²) in [6.07, 6.45) is 0.220. The molecule has 1 aromatic carbocycles. The summed E-state index contributed by atoms with van der Waals surface area (Å²) in [5.74, 6) is 0.325. The van der Waals surface area contributed by atoms with Crippen LogP contribution in [0.1, 0.15) is 27.2 Å². The fourth-order valence-corrected chi connectivity index (χ4v) is 1.51. The van der Waals surface area contributed by atoms with E-state index in [1.807, 2.05) is 51.1 Å². The first-order chi connectivity index (χ1) is 9.37. The molecule has 0 aliphatic heterocycles. The summed E-state index contributed by atoms with van der Waals surface area (Å²) < 4.78 is 5.40. The summed E-state index contributed by atoms with van der Waals surface area (Å²) >= 11 is 0. The highest BCUT2D eigenvalue weighted by Crippen LogP contribution is 2.08. The second-order valence-electron chi connectivity index (χ2n) is 5.49. The Bertz CT molecular complexity index is 438. The van der Waals surface area contributed by atoms with Gasteiger partial charge in [0.25, 0.3) is 0 Å². The summed E-state index contributed by atoms with van der Waals surface area (Å²) in [7, 11) is 0. The molecule has 0 bridgehead atoms. The quantitative estimate of drug-likeness (QED) is 0.828. The number of hydrogen-bond donors (Lipinski definition) is 2. The van der Waals surface area contributed by atoms with E-state index in [9.17, 15) is 9.59 Å². The first kappa shape index (κ1) is 16.0. The van der Waals surface area contributed by atoms with Crippen LogP contribution in [0.3, 0.4) is 0 Å². The Morgan fingerprint density at radius 3 is 2.35 bits per heavy atom. The third kappa shape index (κ3) is 7.41. The molecule has 0 saturated carbocycles. The fraction of sp³-hybridized carbons (Fsp3) is 0.467. The Labute approximate surface area is 119 Å². The third-order valence-corrected chi connectivity index (χ3v) is 2.30. The first-order valence-electron chi connectivity index (χ1n) is 6.62. The number of nitrogens with one attached hydrogen (secondary N) is 2. The highest BCUT2D eigenvalue weighted by molar-refractivity contribution is 5.85. The van der Waals surface area contributed by atoms with Crippen LogP contribution < -0.4 is 15.4 Å². The predicted molar refractivity (Wildman–Crippen MR) is 77.5 cm³/mol. The van der Waals surface area contributed by atoms with E-state index in [0.717, 1.165) is 5.75 Å². The number of benzene rings is 1. The van der Waals surface area contributed by atoms with E-state index < -0.39 is 0 Å². The maximum Gasteiger partial charge on any atom is 0.239 e. The number of rotatable bonds is 6. The largest absolute Gasteiger partial charge is 0.493 e. The third-order valence-electron chi connectivity index (χ3n) is 2.30. The Morgan fingerprint density at radius 1 is 1.10 bits per heavy atom. The zero-order valence-electron chi connectivity index (χ0n) is 12.2. The molecule has 0 heterocycles. The average molecular weight is 278 g/mol. The number of ether oxygens (including phenoxy) is 1.